The number of likely N-dealkylation sites (N-methyl/N-ethyl adjacent to an activating group) is 1. The molecule has 3 aromatic rings. The summed E-state index contributed by atoms with van der Waals surface area (Å²) in [5, 5.41) is 10.0. The van der Waals surface area contributed by atoms with Crippen LogP contribution in [0.25, 0.3) is 22.5 Å². The van der Waals surface area contributed by atoms with Gasteiger partial charge >= 0.3 is 5.97 Å². The maximum absolute atomic E-state index is 12.2. The normalized spacial score (nSPS) is 18.8. The number of rotatable bonds is 7. The molecule has 0 radical (unpaired) electrons. The van der Waals surface area contributed by atoms with E-state index in [1.54, 1.807) is 7.11 Å². The molecule has 37 heavy (non-hydrogen) atoms. The number of aryl methyl sites for hydroxylation is 1. The van der Waals surface area contributed by atoms with Gasteiger partial charge < -0.3 is 25.5 Å². The third-order valence-electron chi connectivity index (χ3n) is 8.28. The molecule has 0 unspecified atom stereocenters. The third kappa shape index (κ3) is 4.65. The van der Waals surface area contributed by atoms with Crippen molar-refractivity contribution in [3.8, 4) is 28.3 Å². The van der Waals surface area contributed by atoms with Crippen molar-refractivity contribution in [3.63, 3.8) is 0 Å². The zero-order chi connectivity index (χ0) is 25.7. The van der Waals surface area contributed by atoms with Crippen LogP contribution in [-0.4, -0.2) is 76.7 Å². The van der Waals surface area contributed by atoms with E-state index >= 15 is 0 Å². The smallest absolute Gasteiger partial charge is 0.337 e. The monoisotopic (exact) mass is 501 g/mol. The Morgan fingerprint density at radius 3 is 2.68 bits per heavy atom. The molecule has 1 aliphatic heterocycles. The molecular formula is C29H35N5O3. The van der Waals surface area contributed by atoms with Gasteiger partial charge in [-0.05, 0) is 68.1 Å². The Hall–Kier alpha value is -3.20. The van der Waals surface area contributed by atoms with Gasteiger partial charge in [0.05, 0.1) is 24.1 Å². The van der Waals surface area contributed by atoms with Crippen LogP contribution in [0, 0.1) is 0 Å². The standard InChI is InChI=1S/C29H35N5O3/c1-33-9-11-34(12-10-33)17-20-13-18(4-6-25(20)37-2)23-14-22-19(16-31-23)3-5-21-26(28(35)36)24(32-27(21)22)15-29(30)7-8-29/h4,6,13-14,16,32H,3,5,7-12,15,17,30H2,1-2H3,(H,35,36). The Bertz CT molecular complexity index is 1350. The maximum Gasteiger partial charge on any atom is 0.337 e. The number of hydrogen-bond donors (Lipinski definition) is 3. The van der Waals surface area contributed by atoms with E-state index in [2.05, 4.69) is 40.0 Å². The minimum absolute atomic E-state index is 0.271. The van der Waals surface area contributed by atoms with Gasteiger partial charge in [0.2, 0.25) is 0 Å². The highest BCUT2D eigenvalue weighted by Crippen LogP contribution is 2.42. The van der Waals surface area contributed by atoms with Crippen molar-refractivity contribution in [1.82, 2.24) is 19.8 Å². The molecule has 8 heteroatoms. The molecule has 3 heterocycles. The zero-order valence-corrected chi connectivity index (χ0v) is 21.6. The van der Waals surface area contributed by atoms with Crippen LogP contribution in [0.3, 0.4) is 0 Å². The second kappa shape index (κ2) is 9.28. The number of carboxylic acid groups (broad SMARTS) is 1. The summed E-state index contributed by atoms with van der Waals surface area (Å²) in [6, 6.07) is 8.37. The van der Waals surface area contributed by atoms with Crippen LogP contribution < -0.4 is 10.5 Å². The summed E-state index contributed by atoms with van der Waals surface area (Å²) in [5.74, 6) is 0.0111. The molecular weight excluding hydrogens is 466 g/mol. The SMILES string of the molecule is COc1ccc(-c2cc3c(cn2)CCc2c-3[nH]c(CC3(N)CC3)c2C(=O)O)cc1CN1CCN(C)CC1. The van der Waals surface area contributed by atoms with Gasteiger partial charge in [-0.1, -0.05) is 0 Å². The second-order valence-corrected chi connectivity index (χ2v) is 11.0. The number of methoxy groups -OCH3 is 1. The van der Waals surface area contributed by atoms with Gasteiger partial charge in [0.25, 0.3) is 0 Å². The van der Waals surface area contributed by atoms with E-state index in [9.17, 15) is 9.90 Å². The molecule has 8 nitrogen and oxygen atoms in total. The number of pyridine rings is 1. The van der Waals surface area contributed by atoms with E-state index in [1.807, 2.05) is 12.3 Å². The van der Waals surface area contributed by atoms with E-state index in [-0.39, 0.29) is 5.54 Å². The summed E-state index contributed by atoms with van der Waals surface area (Å²) in [7, 11) is 3.88. The number of H-pyrrole nitrogens is 1. The number of nitrogens with zero attached hydrogens (tertiary/aromatic N) is 3. The molecule has 4 N–H and O–H groups in total. The first-order valence-corrected chi connectivity index (χ1v) is 13.2. The molecule has 1 saturated heterocycles. The lowest BCUT2D eigenvalue weighted by molar-refractivity contribution is 0.0694. The van der Waals surface area contributed by atoms with Crippen LogP contribution in [0.5, 0.6) is 5.75 Å². The van der Waals surface area contributed by atoms with Crippen LogP contribution in [0.15, 0.2) is 30.5 Å². The Morgan fingerprint density at radius 1 is 1.19 bits per heavy atom. The van der Waals surface area contributed by atoms with Gasteiger partial charge in [-0.2, -0.15) is 0 Å². The molecule has 0 spiro atoms. The molecule has 6 rings (SSSR count). The van der Waals surface area contributed by atoms with Crippen LogP contribution in [0.4, 0.5) is 0 Å². The third-order valence-corrected chi connectivity index (χ3v) is 8.28. The van der Waals surface area contributed by atoms with Crippen molar-refractivity contribution in [2.24, 2.45) is 5.73 Å². The quantitative estimate of drug-likeness (QED) is 0.456. The first kappa shape index (κ1) is 24.2. The number of hydrogen-bond acceptors (Lipinski definition) is 6. The molecule has 1 aromatic carbocycles. The number of carbonyl (C=O) groups is 1. The fourth-order valence-electron chi connectivity index (χ4n) is 5.80. The molecule has 0 amide bonds. The summed E-state index contributed by atoms with van der Waals surface area (Å²) in [4.78, 5) is 25.4. The number of nitrogens with one attached hydrogen (secondary N) is 1. The number of ether oxygens (including phenoxy) is 1. The van der Waals surface area contributed by atoms with Crippen molar-refractivity contribution in [3.05, 3.63) is 58.4 Å². The van der Waals surface area contributed by atoms with Crippen LogP contribution in [0.2, 0.25) is 0 Å². The predicted octanol–water partition coefficient (Wildman–Crippen LogP) is 3.33. The Balaban J connectivity index is 1.35. The zero-order valence-electron chi connectivity index (χ0n) is 21.6. The topological polar surface area (TPSA) is 108 Å². The number of fused-ring (bicyclic) bond motifs is 3. The van der Waals surface area contributed by atoms with Crippen molar-refractivity contribution in [2.45, 2.75) is 44.2 Å². The highest BCUT2D eigenvalue weighted by atomic mass is 16.5. The number of aromatic nitrogens is 2. The number of benzene rings is 1. The van der Waals surface area contributed by atoms with Gasteiger partial charge in [0.1, 0.15) is 5.75 Å². The molecule has 2 aromatic heterocycles. The molecule has 2 fully saturated rings. The first-order valence-electron chi connectivity index (χ1n) is 13.2. The summed E-state index contributed by atoms with van der Waals surface area (Å²) >= 11 is 0. The van der Waals surface area contributed by atoms with E-state index in [1.165, 1.54) is 0 Å². The second-order valence-electron chi connectivity index (χ2n) is 11.0. The minimum atomic E-state index is -0.877. The molecule has 3 aliphatic rings. The summed E-state index contributed by atoms with van der Waals surface area (Å²) in [6.45, 7) is 5.05. The van der Waals surface area contributed by atoms with Crippen molar-refractivity contribution >= 4 is 5.97 Å². The molecule has 1 saturated carbocycles. The number of nitrogens with two attached hydrogens (primary N) is 1. The molecule has 0 bridgehead atoms. The molecule has 0 atom stereocenters. The minimum Gasteiger partial charge on any atom is -0.496 e. The van der Waals surface area contributed by atoms with E-state index in [0.29, 0.717) is 18.4 Å². The Morgan fingerprint density at radius 2 is 1.97 bits per heavy atom. The summed E-state index contributed by atoms with van der Waals surface area (Å²) in [6.07, 6.45) is 5.87. The fourth-order valence-corrected chi connectivity index (χ4v) is 5.80. The number of aromatic carboxylic acids is 1. The van der Waals surface area contributed by atoms with E-state index in [0.717, 1.165) is 103 Å². The molecule has 2 aliphatic carbocycles. The average Bonchev–Trinajstić information content (AvgIpc) is 3.49. The highest BCUT2D eigenvalue weighted by molar-refractivity contribution is 5.95. The van der Waals surface area contributed by atoms with Gasteiger partial charge in [0.15, 0.2) is 0 Å². The first-order chi connectivity index (χ1) is 17.8. The van der Waals surface area contributed by atoms with Crippen LogP contribution in [0.1, 0.15) is 45.6 Å². The van der Waals surface area contributed by atoms with Gasteiger partial charge in [0, 0.05) is 73.3 Å². The summed E-state index contributed by atoms with van der Waals surface area (Å²) < 4.78 is 5.69. The van der Waals surface area contributed by atoms with Gasteiger partial charge in [-0.15, -0.1) is 0 Å². The lowest BCUT2D eigenvalue weighted by Crippen LogP contribution is -2.43. The average molecular weight is 502 g/mol. The molecule has 194 valence electrons. The van der Waals surface area contributed by atoms with Crippen LogP contribution in [-0.2, 0) is 25.8 Å². The number of aromatic amines is 1. The Labute approximate surface area is 217 Å². The lowest BCUT2D eigenvalue weighted by Gasteiger charge is -2.32. The highest BCUT2D eigenvalue weighted by Gasteiger charge is 2.40. The largest absolute Gasteiger partial charge is 0.496 e. The Kier molecular flexibility index (Phi) is 6.06. The van der Waals surface area contributed by atoms with Crippen LogP contribution >= 0.6 is 0 Å². The lowest BCUT2D eigenvalue weighted by atomic mass is 9.88. The number of piperazine rings is 1. The predicted molar refractivity (Wildman–Crippen MR) is 143 cm³/mol. The summed E-state index contributed by atoms with van der Waals surface area (Å²) in [5.41, 5.74) is 14.3. The fraction of sp³-hybridized carbons (Fsp3) is 0.448. The van der Waals surface area contributed by atoms with Crippen molar-refractivity contribution in [1.29, 1.82) is 0 Å². The van der Waals surface area contributed by atoms with E-state index < -0.39 is 5.97 Å². The number of carboxylic acids is 1. The van der Waals surface area contributed by atoms with Crippen molar-refractivity contribution in [2.75, 3.05) is 40.3 Å². The van der Waals surface area contributed by atoms with Gasteiger partial charge in [-0.25, -0.2) is 4.79 Å². The van der Waals surface area contributed by atoms with E-state index in [4.69, 9.17) is 15.5 Å². The maximum atomic E-state index is 12.2. The van der Waals surface area contributed by atoms with Gasteiger partial charge in [-0.3, -0.25) is 9.88 Å². The van der Waals surface area contributed by atoms with Crippen molar-refractivity contribution < 1.29 is 14.6 Å².